The van der Waals surface area contributed by atoms with Gasteiger partial charge in [0.1, 0.15) is 0 Å². The number of oxime groups is 1. The van der Waals surface area contributed by atoms with Crippen LogP contribution in [0.15, 0.2) is 23.4 Å². The van der Waals surface area contributed by atoms with Gasteiger partial charge in [0.15, 0.2) is 5.84 Å². The molecule has 0 unspecified atom stereocenters. The number of nitrogens with two attached hydrogens (primary N) is 1. The lowest BCUT2D eigenvalue weighted by atomic mass is 10.1. The number of hydrogen-bond acceptors (Lipinski definition) is 4. The largest absolute Gasteiger partial charge is 0.409 e. The summed E-state index contributed by atoms with van der Waals surface area (Å²) < 4.78 is 0. The quantitative estimate of drug-likeness (QED) is 0.326. The van der Waals surface area contributed by atoms with Crippen molar-refractivity contribution in [1.82, 2.24) is 0 Å². The molecule has 0 saturated carbocycles. The third-order valence-corrected chi connectivity index (χ3v) is 2.57. The van der Waals surface area contributed by atoms with E-state index >= 15 is 0 Å². The maximum Gasteiger partial charge on any atom is 0.172 e. The Morgan fingerprint density at radius 2 is 2.06 bits per heavy atom. The summed E-state index contributed by atoms with van der Waals surface area (Å²) in [5, 5.41) is 21.7. The minimum absolute atomic E-state index is 0.0626. The van der Waals surface area contributed by atoms with Crippen molar-refractivity contribution in [2.45, 2.75) is 26.4 Å². The predicted molar refractivity (Wildman–Crippen MR) is 73.3 cm³/mol. The molecule has 0 aliphatic carbocycles. The highest BCUT2D eigenvalue weighted by Gasteiger charge is 2.19. The van der Waals surface area contributed by atoms with E-state index < -0.39 is 5.60 Å². The molecule has 5 heteroatoms. The van der Waals surface area contributed by atoms with Crippen LogP contribution in [-0.2, 0) is 0 Å². The monoisotopic (exact) mass is 251 g/mol. The van der Waals surface area contributed by atoms with Crippen LogP contribution in [0.4, 0.5) is 5.69 Å². The summed E-state index contributed by atoms with van der Waals surface area (Å²) in [7, 11) is 1.86. The Balaban J connectivity index is 3.17. The number of hydrogen-bond donors (Lipinski definition) is 3. The number of aryl methyl sites for hydroxylation is 1. The number of anilines is 1. The van der Waals surface area contributed by atoms with Gasteiger partial charge >= 0.3 is 0 Å². The first-order valence-electron chi connectivity index (χ1n) is 5.76. The van der Waals surface area contributed by atoms with Crippen molar-refractivity contribution in [3.8, 4) is 0 Å². The first-order valence-corrected chi connectivity index (χ1v) is 5.76. The van der Waals surface area contributed by atoms with E-state index in [1.165, 1.54) is 0 Å². The van der Waals surface area contributed by atoms with Crippen LogP contribution < -0.4 is 10.6 Å². The van der Waals surface area contributed by atoms with Gasteiger partial charge in [-0.2, -0.15) is 0 Å². The molecular weight excluding hydrogens is 230 g/mol. The van der Waals surface area contributed by atoms with E-state index in [4.69, 9.17) is 10.9 Å². The summed E-state index contributed by atoms with van der Waals surface area (Å²) in [5.74, 6) is 0.0626. The summed E-state index contributed by atoms with van der Waals surface area (Å²) in [6.45, 7) is 5.89. The van der Waals surface area contributed by atoms with Crippen LogP contribution >= 0.6 is 0 Å². The lowest BCUT2D eigenvalue weighted by Gasteiger charge is -2.29. The third kappa shape index (κ3) is 3.63. The van der Waals surface area contributed by atoms with Crippen molar-refractivity contribution in [1.29, 1.82) is 0 Å². The zero-order chi connectivity index (χ0) is 13.9. The minimum Gasteiger partial charge on any atom is -0.409 e. The Morgan fingerprint density at radius 3 is 2.56 bits per heavy atom. The van der Waals surface area contributed by atoms with E-state index in [1.54, 1.807) is 19.9 Å². The summed E-state index contributed by atoms with van der Waals surface area (Å²) >= 11 is 0. The van der Waals surface area contributed by atoms with E-state index in [0.717, 1.165) is 11.3 Å². The maximum absolute atomic E-state index is 9.85. The molecule has 0 aliphatic rings. The summed E-state index contributed by atoms with van der Waals surface area (Å²) in [6.07, 6.45) is 0. The van der Waals surface area contributed by atoms with Crippen molar-refractivity contribution >= 4 is 11.5 Å². The van der Waals surface area contributed by atoms with Gasteiger partial charge in [0.05, 0.1) is 5.60 Å². The fraction of sp³-hybridized carbons (Fsp3) is 0.462. The Kier molecular flexibility index (Phi) is 4.19. The van der Waals surface area contributed by atoms with E-state index in [9.17, 15) is 5.11 Å². The number of rotatable bonds is 4. The van der Waals surface area contributed by atoms with Gasteiger partial charge < -0.3 is 20.9 Å². The number of amidine groups is 1. The highest BCUT2D eigenvalue weighted by atomic mass is 16.4. The summed E-state index contributed by atoms with van der Waals surface area (Å²) in [6, 6.07) is 5.65. The van der Waals surface area contributed by atoms with E-state index in [1.807, 2.05) is 31.0 Å². The standard InChI is InChI=1S/C13H21N3O2/c1-9-5-6-10(12(14)15-18)11(7-9)16(4)8-13(2,3)17/h5-7,17-18H,8H2,1-4H3,(H2,14,15). The molecule has 100 valence electrons. The van der Waals surface area contributed by atoms with Crippen molar-refractivity contribution in [3.05, 3.63) is 29.3 Å². The lowest BCUT2D eigenvalue weighted by molar-refractivity contribution is 0.0886. The van der Waals surface area contributed by atoms with Gasteiger partial charge in [-0.15, -0.1) is 0 Å². The minimum atomic E-state index is -0.819. The molecule has 5 nitrogen and oxygen atoms in total. The van der Waals surface area contributed by atoms with Crippen LogP contribution in [0.5, 0.6) is 0 Å². The summed E-state index contributed by atoms with van der Waals surface area (Å²) in [5.41, 5.74) is 7.38. The average Bonchev–Trinajstić information content (AvgIpc) is 2.25. The molecule has 1 aromatic carbocycles. The second kappa shape index (κ2) is 5.27. The van der Waals surface area contributed by atoms with Crippen molar-refractivity contribution in [2.24, 2.45) is 10.9 Å². The first kappa shape index (κ1) is 14.3. The van der Waals surface area contributed by atoms with E-state index in [-0.39, 0.29) is 5.84 Å². The molecule has 0 radical (unpaired) electrons. The molecule has 0 bridgehead atoms. The molecule has 18 heavy (non-hydrogen) atoms. The van der Waals surface area contributed by atoms with Crippen molar-refractivity contribution < 1.29 is 10.3 Å². The van der Waals surface area contributed by atoms with Crippen LogP contribution in [0.3, 0.4) is 0 Å². The molecule has 0 fully saturated rings. The van der Waals surface area contributed by atoms with Gasteiger partial charge in [-0.1, -0.05) is 11.2 Å². The first-order chi connectivity index (χ1) is 8.24. The number of likely N-dealkylation sites (N-methyl/N-ethyl adjacent to an activating group) is 1. The van der Waals surface area contributed by atoms with E-state index in [0.29, 0.717) is 12.1 Å². The second-order valence-corrected chi connectivity index (χ2v) is 5.17. The molecule has 0 aromatic heterocycles. The van der Waals surface area contributed by atoms with Crippen molar-refractivity contribution in [2.75, 3.05) is 18.5 Å². The van der Waals surface area contributed by atoms with Crippen molar-refractivity contribution in [3.63, 3.8) is 0 Å². The maximum atomic E-state index is 9.85. The number of aliphatic hydroxyl groups is 1. The van der Waals surface area contributed by atoms with Crippen LogP contribution in [0, 0.1) is 6.92 Å². The molecule has 0 spiro atoms. The van der Waals surface area contributed by atoms with Crippen LogP contribution in [0.2, 0.25) is 0 Å². The lowest BCUT2D eigenvalue weighted by Crippen LogP contribution is -2.37. The van der Waals surface area contributed by atoms with Crippen LogP contribution in [-0.4, -0.2) is 35.3 Å². The molecule has 0 aliphatic heterocycles. The third-order valence-electron chi connectivity index (χ3n) is 2.57. The molecule has 0 heterocycles. The molecule has 0 saturated heterocycles. The Bertz CT molecular complexity index is 450. The Hall–Kier alpha value is -1.75. The van der Waals surface area contributed by atoms with Gasteiger partial charge in [0.2, 0.25) is 0 Å². The number of benzene rings is 1. The molecule has 0 amide bonds. The van der Waals surface area contributed by atoms with Gasteiger partial charge in [0.25, 0.3) is 0 Å². The zero-order valence-electron chi connectivity index (χ0n) is 11.3. The SMILES string of the molecule is Cc1ccc(C(N)=NO)c(N(C)CC(C)(C)O)c1. The van der Waals surface area contributed by atoms with E-state index in [2.05, 4.69) is 5.16 Å². The second-order valence-electron chi connectivity index (χ2n) is 5.17. The normalized spacial score (nSPS) is 12.6. The zero-order valence-corrected chi connectivity index (χ0v) is 11.3. The van der Waals surface area contributed by atoms with Crippen LogP contribution in [0.25, 0.3) is 0 Å². The van der Waals surface area contributed by atoms with Crippen LogP contribution in [0.1, 0.15) is 25.0 Å². The molecule has 1 rings (SSSR count). The highest BCUT2D eigenvalue weighted by Crippen LogP contribution is 2.22. The van der Waals surface area contributed by atoms with Gasteiger partial charge in [-0.3, -0.25) is 0 Å². The topological polar surface area (TPSA) is 82.1 Å². The Labute approximate surface area is 108 Å². The van der Waals surface area contributed by atoms with Gasteiger partial charge in [-0.25, -0.2) is 0 Å². The smallest absolute Gasteiger partial charge is 0.172 e. The van der Waals surface area contributed by atoms with Gasteiger partial charge in [0, 0.05) is 24.8 Å². The fourth-order valence-corrected chi connectivity index (χ4v) is 1.89. The molecule has 0 atom stereocenters. The molecule has 4 N–H and O–H groups in total. The highest BCUT2D eigenvalue weighted by molar-refractivity contribution is 6.02. The van der Waals surface area contributed by atoms with Gasteiger partial charge in [-0.05, 0) is 38.5 Å². The average molecular weight is 251 g/mol. The summed E-state index contributed by atoms with van der Waals surface area (Å²) in [4.78, 5) is 1.89. The predicted octanol–water partition coefficient (Wildman–Crippen LogP) is 1.30. The molecule has 1 aromatic rings. The molecular formula is C13H21N3O2. The Morgan fingerprint density at radius 1 is 1.44 bits per heavy atom. The number of nitrogens with zero attached hydrogens (tertiary/aromatic N) is 2. The fourth-order valence-electron chi connectivity index (χ4n) is 1.89.